The lowest BCUT2D eigenvalue weighted by Gasteiger charge is -1.97. The van der Waals surface area contributed by atoms with Gasteiger partial charge in [-0.3, -0.25) is 0 Å². The molecular formula is C17H13Cl3. The average Bonchev–Trinajstić information content (AvgIpc) is 2.46. The van der Waals surface area contributed by atoms with Gasteiger partial charge in [0.15, 0.2) is 0 Å². The fraction of sp³-hybridized carbons (Fsp3) is 0.0588. The molecule has 2 aromatic rings. The summed E-state index contributed by atoms with van der Waals surface area (Å²) in [4.78, 5) is 0. The molecule has 0 aliphatic rings. The SMILES string of the molecule is ClC(C=Cc1ccc(Cl)cc1)=CCc1ccc(Cl)cc1. The molecule has 0 aromatic heterocycles. The summed E-state index contributed by atoms with van der Waals surface area (Å²) >= 11 is 17.8. The Kier molecular flexibility index (Phi) is 5.72. The Hall–Kier alpha value is -1.21. The van der Waals surface area contributed by atoms with E-state index in [-0.39, 0.29) is 0 Å². The first-order valence-electron chi connectivity index (χ1n) is 6.17. The molecule has 2 aromatic carbocycles. The first-order valence-corrected chi connectivity index (χ1v) is 7.30. The molecule has 0 saturated carbocycles. The van der Waals surface area contributed by atoms with E-state index in [2.05, 4.69) is 0 Å². The molecule has 20 heavy (non-hydrogen) atoms. The van der Waals surface area contributed by atoms with E-state index in [9.17, 15) is 0 Å². The van der Waals surface area contributed by atoms with E-state index in [1.807, 2.05) is 66.8 Å². The van der Waals surface area contributed by atoms with Crippen LogP contribution in [0.4, 0.5) is 0 Å². The largest absolute Gasteiger partial charge is 0.0847 e. The lowest BCUT2D eigenvalue weighted by atomic mass is 10.1. The lowest BCUT2D eigenvalue weighted by molar-refractivity contribution is 1.27. The number of halogens is 3. The topological polar surface area (TPSA) is 0 Å². The molecule has 0 heterocycles. The Bertz CT molecular complexity index is 608. The molecular weight excluding hydrogens is 311 g/mol. The monoisotopic (exact) mass is 322 g/mol. The molecule has 0 saturated heterocycles. The van der Waals surface area contributed by atoms with Crippen molar-refractivity contribution < 1.29 is 0 Å². The highest BCUT2D eigenvalue weighted by molar-refractivity contribution is 6.31. The van der Waals surface area contributed by atoms with Crippen LogP contribution in [-0.4, -0.2) is 0 Å². The van der Waals surface area contributed by atoms with Crippen molar-refractivity contribution in [2.45, 2.75) is 6.42 Å². The standard InChI is InChI=1S/C17H13Cl3/c18-15-7-1-13(2-8-15)5-11-17(20)12-6-14-3-9-16(19)10-4-14/h1-5,7-12H,6H2. The molecule has 0 aliphatic carbocycles. The maximum atomic E-state index is 6.17. The van der Waals surface area contributed by atoms with Crippen LogP contribution in [0.1, 0.15) is 11.1 Å². The summed E-state index contributed by atoms with van der Waals surface area (Å²) < 4.78 is 0. The van der Waals surface area contributed by atoms with Gasteiger partial charge in [0.05, 0.1) is 0 Å². The van der Waals surface area contributed by atoms with Crippen LogP contribution in [0.15, 0.2) is 65.7 Å². The number of rotatable bonds is 4. The third kappa shape index (κ3) is 5.05. The van der Waals surface area contributed by atoms with Gasteiger partial charge < -0.3 is 0 Å². The molecule has 0 fully saturated rings. The minimum atomic E-state index is 0.704. The Labute approximate surface area is 134 Å². The van der Waals surface area contributed by atoms with E-state index in [0.29, 0.717) is 5.03 Å². The van der Waals surface area contributed by atoms with Crippen LogP contribution in [0, 0.1) is 0 Å². The molecule has 0 N–H and O–H groups in total. The predicted molar refractivity (Wildman–Crippen MR) is 89.6 cm³/mol. The average molecular weight is 324 g/mol. The number of hydrogen-bond donors (Lipinski definition) is 0. The Morgan fingerprint density at radius 2 is 1.40 bits per heavy atom. The number of allylic oxidation sites excluding steroid dienone is 3. The van der Waals surface area contributed by atoms with Crippen molar-refractivity contribution in [2.75, 3.05) is 0 Å². The van der Waals surface area contributed by atoms with Gasteiger partial charge in [-0.2, -0.15) is 0 Å². The highest BCUT2D eigenvalue weighted by atomic mass is 35.5. The summed E-state index contributed by atoms with van der Waals surface area (Å²) in [6.45, 7) is 0. The van der Waals surface area contributed by atoms with E-state index in [4.69, 9.17) is 34.8 Å². The van der Waals surface area contributed by atoms with E-state index in [0.717, 1.165) is 22.0 Å². The molecule has 3 heteroatoms. The zero-order valence-corrected chi connectivity index (χ0v) is 13.0. The Balaban J connectivity index is 1.96. The van der Waals surface area contributed by atoms with E-state index < -0.39 is 0 Å². The van der Waals surface area contributed by atoms with Crippen LogP contribution in [0.2, 0.25) is 10.0 Å². The van der Waals surface area contributed by atoms with Crippen molar-refractivity contribution in [3.8, 4) is 0 Å². The van der Waals surface area contributed by atoms with Gasteiger partial charge in [-0.1, -0.05) is 71.2 Å². The molecule has 0 aliphatic heterocycles. The van der Waals surface area contributed by atoms with Gasteiger partial charge in [-0.25, -0.2) is 0 Å². The van der Waals surface area contributed by atoms with Crippen LogP contribution < -0.4 is 0 Å². The van der Waals surface area contributed by atoms with Gasteiger partial charge in [-0.05, 0) is 47.9 Å². The maximum absolute atomic E-state index is 6.17. The highest BCUT2D eigenvalue weighted by Gasteiger charge is 1.93. The van der Waals surface area contributed by atoms with Gasteiger partial charge in [0, 0.05) is 15.1 Å². The summed E-state index contributed by atoms with van der Waals surface area (Å²) in [6, 6.07) is 15.3. The van der Waals surface area contributed by atoms with Crippen molar-refractivity contribution in [3.05, 3.63) is 86.9 Å². The predicted octanol–water partition coefficient (Wildman–Crippen LogP) is 6.37. The molecule has 0 spiro atoms. The number of hydrogen-bond acceptors (Lipinski definition) is 0. The fourth-order valence-corrected chi connectivity index (χ4v) is 2.05. The highest BCUT2D eigenvalue weighted by Crippen LogP contribution is 2.15. The van der Waals surface area contributed by atoms with Crippen LogP contribution in [0.5, 0.6) is 0 Å². The number of benzene rings is 2. The molecule has 0 bridgehead atoms. The second kappa shape index (κ2) is 7.54. The molecule has 0 atom stereocenters. The quantitative estimate of drug-likeness (QED) is 0.573. The second-order valence-corrected chi connectivity index (χ2v) is 5.61. The first kappa shape index (κ1) is 15.2. The minimum absolute atomic E-state index is 0.704. The summed E-state index contributed by atoms with van der Waals surface area (Å²) in [7, 11) is 0. The normalized spacial score (nSPS) is 12.1. The van der Waals surface area contributed by atoms with Gasteiger partial charge in [0.2, 0.25) is 0 Å². The zero-order valence-electron chi connectivity index (χ0n) is 10.7. The van der Waals surface area contributed by atoms with Gasteiger partial charge in [0.25, 0.3) is 0 Å². The molecule has 0 amide bonds. The first-order chi connectivity index (χ1) is 9.63. The van der Waals surface area contributed by atoms with Crippen molar-refractivity contribution >= 4 is 40.9 Å². The second-order valence-electron chi connectivity index (χ2n) is 4.30. The molecule has 0 unspecified atom stereocenters. The smallest absolute Gasteiger partial charge is 0.0406 e. The summed E-state index contributed by atoms with van der Waals surface area (Å²) in [5, 5.41) is 2.17. The van der Waals surface area contributed by atoms with Gasteiger partial charge >= 0.3 is 0 Å². The Morgan fingerprint density at radius 3 is 2.00 bits per heavy atom. The van der Waals surface area contributed by atoms with Crippen molar-refractivity contribution in [1.29, 1.82) is 0 Å². The van der Waals surface area contributed by atoms with Crippen LogP contribution >= 0.6 is 34.8 Å². The third-order valence-electron chi connectivity index (χ3n) is 2.75. The third-order valence-corrected chi connectivity index (χ3v) is 3.54. The lowest BCUT2D eigenvalue weighted by Crippen LogP contribution is -1.80. The van der Waals surface area contributed by atoms with Crippen molar-refractivity contribution in [3.63, 3.8) is 0 Å². The molecule has 0 radical (unpaired) electrons. The summed E-state index contributed by atoms with van der Waals surface area (Å²) in [6.07, 6.45) is 6.58. The van der Waals surface area contributed by atoms with Gasteiger partial charge in [-0.15, -0.1) is 0 Å². The maximum Gasteiger partial charge on any atom is 0.0406 e. The minimum Gasteiger partial charge on any atom is -0.0847 e. The Morgan fingerprint density at radius 1 is 0.850 bits per heavy atom. The summed E-state index contributed by atoms with van der Waals surface area (Å²) in [5.74, 6) is 0. The van der Waals surface area contributed by atoms with Crippen molar-refractivity contribution in [1.82, 2.24) is 0 Å². The van der Waals surface area contributed by atoms with Crippen LogP contribution in [-0.2, 0) is 6.42 Å². The van der Waals surface area contributed by atoms with Crippen LogP contribution in [0.3, 0.4) is 0 Å². The van der Waals surface area contributed by atoms with Gasteiger partial charge in [0.1, 0.15) is 0 Å². The molecule has 102 valence electrons. The molecule has 2 rings (SSSR count). The summed E-state index contributed by atoms with van der Waals surface area (Å²) in [5.41, 5.74) is 2.24. The van der Waals surface area contributed by atoms with Crippen LogP contribution in [0.25, 0.3) is 6.08 Å². The fourth-order valence-electron chi connectivity index (χ4n) is 1.65. The van der Waals surface area contributed by atoms with Crippen molar-refractivity contribution in [2.24, 2.45) is 0 Å². The zero-order chi connectivity index (χ0) is 14.4. The molecule has 0 nitrogen and oxygen atoms in total. The van der Waals surface area contributed by atoms with E-state index >= 15 is 0 Å². The van der Waals surface area contributed by atoms with E-state index in [1.54, 1.807) is 0 Å². The van der Waals surface area contributed by atoms with E-state index in [1.165, 1.54) is 5.56 Å².